The molecule has 10 nitrogen and oxygen atoms in total. The van der Waals surface area contributed by atoms with Gasteiger partial charge in [-0.2, -0.15) is 4.98 Å². The second kappa shape index (κ2) is 5.23. The van der Waals surface area contributed by atoms with Gasteiger partial charge in [-0.3, -0.25) is 4.79 Å². The van der Waals surface area contributed by atoms with Crippen molar-refractivity contribution < 1.29 is 25.2 Å². The van der Waals surface area contributed by atoms with Crippen molar-refractivity contribution in [3.8, 4) is 5.88 Å². The lowest BCUT2D eigenvalue weighted by Gasteiger charge is -2.28. The molecule has 0 amide bonds. The molecule has 0 spiro atoms. The highest BCUT2D eigenvalue weighted by Gasteiger charge is 2.53. The lowest BCUT2D eigenvalue weighted by molar-refractivity contribution is -0.0955. The average molecular weight is 348 g/mol. The molecular weight excluding hydrogens is 332 g/mol. The predicted molar refractivity (Wildman–Crippen MR) is 87.1 cm³/mol. The van der Waals surface area contributed by atoms with Crippen molar-refractivity contribution in [1.82, 2.24) is 9.55 Å². The van der Waals surface area contributed by atoms with E-state index in [1.165, 1.54) is 24.0 Å². The SMILES string of the molecule is C[C@]1(O)[C@H](O)[C@@H](CO)O[C@H]1n1cc2c(=O)cc(O)nc3c2c1N=CN3. The third-order valence-corrected chi connectivity index (χ3v) is 4.57. The standard InChI is InChI=1S/C15H16N4O6/c1-15(24)11(23)8(4-20)25-14(15)19-3-6-7(21)2-9(22)18-12-10(6)13(19)17-5-16-12/h2-3,5,8,11,14,20,22-24H,4H2,1H3,(H,16,17,18)/t8-,11-,14-,15+/m1/s1. The molecule has 0 saturated carbocycles. The number of rotatable bonds is 2. The number of anilines is 1. The van der Waals surface area contributed by atoms with Crippen molar-refractivity contribution >= 4 is 28.7 Å². The first-order chi connectivity index (χ1) is 11.8. The molecule has 1 fully saturated rings. The Bertz CT molecular complexity index is 953. The molecule has 2 aliphatic rings. The molecule has 2 aromatic heterocycles. The normalized spacial score (nSPS) is 30.6. The molecule has 4 heterocycles. The third-order valence-electron chi connectivity index (χ3n) is 4.57. The maximum absolute atomic E-state index is 12.3. The Morgan fingerprint density at radius 1 is 1.48 bits per heavy atom. The van der Waals surface area contributed by atoms with Crippen molar-refractivity contribution in [2.45, 2.75) is 31.0 Å². The second-order valence-electron chi connectivity index (χ2n) is 6.26. The van der Waals surface area contributed by atoms with Crippen LogP contribution in [0.5, 0.6) is 5.88 Å². The summed E-state index contributed by atoms with van der Waals surface area (Å²) in [7, 11) is 0. The van der Waals surface area contributed by atoms with E-state index in [1.807, 2.05) is 0 Å². The fourth-order valence-corrected chi connectivity index (χ4v) is 3.29. The van der Waals surface area contributed by atoms with E-state index in [1.54, 1.807) is 0 Å². The van der Waals surface area contributed by atoms with Crippen molar-refractivity contribution in [3.63, 3.8) is 0 Å². The number of aromatic nitrogens is 2. The lowest BCUT2D eigenvalue weighted by atomic mass is 9.96. The van der Waals surface area contributed by atoms with Gasteiger partial charge < -0.3 is 35.0 Å². The summed E-state index contributed by atoms with van der Waals surface area (Å²) in [5.41, 5.74) is -2.21. The topological polar surface area (TPSA) is 149 Å². The molecule has 132 valence electrons. The maximum atomic E-state index is 12.3. The van der Waals surface area contributed by atoms with Gasteiger partial charge in [-0.05, 0) is 6.92 Å². The predicted octanol–water partition coefficient (Wildman–Crippen LogP) is -0.811. The third kappa shape index (κ3) is 2.15. The fraction of sp³-hybridized carbons (Fsp3) is 0.400. The Hall–Kier alpha value is -2.53. The van der Waals surface area contributed by atoms with Crippen molar-refractivity contribution in [3.05, 3.63) is 22.5 Å². The second-order valence-corrected chi connectivity index (χ2v) is 6.26. The van der Waals surface area contributed by atoms with Gasteiger partial charge in [-0.1, -0.05) is 0 Å². The van der Waals surface area contributed by atoms with Crippen LogP contribution in [0.15, 0.2) is 22.1 Å². The number of aliphatic imine (C=N–C) groups is 1. The first-order valence-corrected chi connectivity index (χ1v) is 7.59. The first-order valence-electron chi connectivity index (χ1n) is 7.59. The summed E-state index contributed by atoms with van der Waals surface area (Å²) in [6, 6.07) is 0.978. The number of nitrogens with zero attached hydrogens (tertiary/aromatic N) is 3. The van der Waals surface area contributed by atoms with Gasteiger partial charge in [0.2, 0.25) is 5.88 Å². The van der Waals surface area contributed by atoms with Crippen LogP contribution in [-0.2, 0) is 4.74 Å². The summed E-state index contributed by atoms with van der Waals surface area (Å²) in [6.45, 7) is 0.903. The molecular formula is C15H16N4O6. The van der Waals surface area contributed by atoms with E-state index in [2.05, 4.69) is 15.3 Å². The molecule has 4 atom stereocenters. The Morgan fingerprint density at radius 2 is 2.24 bits per heavy atom. The Labute approximate surface area is 140 Å². The number of hydrogen-bond donors (Lipinski definition) is 5. The summed E-state index contributed by atoms with van der Waals surface area (Å²) in [6.07, 6.45) is -0.631. The molecule has 0 aromatic carbocycles. The molecule has 0 bridgehead atoms. The zero-order valence-electron chi connectivity index (χ0n) is 13.1. The van der Waals surface area contributed by atoms with E-state index in [4.69, 9.17) is 4.74 Å². The Kier molecular flexibility index (Phi) is 3.34. The number of nitrogens with one attached hydrogen (secondary N) is 1. The van der Waals surface area contributed by atoms with Gasteiger partial charge in [0.25, 0.3) is 0 Å². The van der Waals surface area contributed by atoms with Crippen LogP contribution in [0, 0.1) is 0 Å². The Morgan fingerprint density at radius 3 is 2.92 bits per heavy atom. The van der Waals surface area contributed by atoms with Crippen LogP contribution in [0.2, 0.25) is 0 Å². The number of ether oxygens (including phenoxy) is 1. The summed E-state index contributed by atoms with van der Waals surface area (Å²) in [4.78, 5) is 20.4. The van der Waals surface area contributed by atoms with Gasteiger partial charge >= 0.3 is 0 Å². The molecule has 10 heteroatoms. The van der Waals surface area contributed by atoms with Gasteiger partial charge in [-0.15, -0.1) is 0 Å². The minimum absolute atomic E-state index is 0.212. The van der Waals surface area contributed by atoms with E-state index in [0.29, 0.717) is 5.39 Å². The summed E-state index contributed by atoms with van der Waals surface area (Å²) >= 11 is 0. The van der Waals surface area contributed by atoms with E-state index in [9.17, 15) is 25.2 Å². The Balaban J connectivity index is 1.98. The number of aromatic hydroxyl groups is 1. The molecule has 2 aliphatic heterocycles. The van der Waals surface area contributed by atoms with E-state index in [-0.39, 0.29) is 17.0 Å². The minimum atomic E-state index is -1.72. The van der Waals surface area contributed by atoms with Crippen molar-refractivity contribution in [1.29, 1.82) is 0 Å². The number of aliphatic hydroxyl groups is 3. The number of hydrogen-bond acceptors (Lipinski definition) is 9. The summed E-state index contributed by atoms with van der Waals surface area (Å²) in [5.74, 6) is 0.0756. The van der Waals surface area contributed by atoms with Gasteiger partial charge in [0.05, 0.1) is 23.7 Å². The molecule has 0 aliphatic carbocycles. The number of aliphatic hydroxyl groups excluding tert-OH is 2. The fourth-order valence-electron chi connectivity index (χ4n) is 3.29. The molecule has 2 aromatic rings. The molecule has 4 rings (SSSR count). The summed E-state index contributed by atoms with van der Waals surface area (Å²) in [5, 5.41) is 43.2. The van der Waals surface area contributed by atoms with E-state index < -0.39 is 42.0 Å². The highest BCUT2D eigenvalue weighted by atomic mass is 16.6. The van der Waals surface area contributed by atoms with Gasteiger partial charge in [0, 0.05) is 12.3 Å². The van der Waals surface area contributed by atoms with Crippen LogP contribution in [0.25, 0.3) is 10.8 Å². The van der Waals surface area contributed by atoms with Crippen LogP contribution in [0.3, 0.4) is 0 Å². The largest absolute Gasteiger partial charge is 0.493 e. The smallest absolute Gasteiger partial charge is 0.216 e. The lowest BCUT2D eigenvalue weighted by Crippen LogP contribution is -2.44. The van der Waals surface area contributed by atoms with Gasteiger partial charge in [-0.25, -0.2) is 4.99 Å². The zero-order valence-corrected chi connectivity index (χ0v) is 13.1. The van der Waals surface area contributed by atoms with Crippen LogP contribution >= 0.6 is 0 Å². The van der Waals surface area contributed by atoms with Crippen LogP contribution < -0.4 is 10.7 Å². The van der Waals surface area contributed by atoms with Crippen LogP contribution in [-0.4, -0.2) is 60.7 Å². The molecule has 25 heavy (non-hydrogen) atoms. The monoisotopic (exact) mass is 348 g/mol. The maximum Gasteiger partial charge on any atom is 0.216 e. The van der Waals surface area contributed by atoms with Gasteiger partial charge in [0.1, 0.15) is 29.4 Å². The quantitative estimate of drug-likeness (QED) is 0.473. The van der Waals surface area contributed by atoms with Crippen molar-refractivity contribution in [2.24, 2.45) is 4.99 Å². The zero-order chi connectivity index (χ0) is 17.9. The first kappa shape index (κ1) is 16.0. The van der Waals surface area contributed by atoms with E-state index >= 15 is 0 Å². The van der Waals surface area contributed by atoms with E-state index in [0.717, 1.165) is 6.07 Å². The minimum Gasteiger partial charge on any atom is -0.493 e. The molecule has 0 unspecified atom stereocenters. The highest BCUT2D eigenvalue weighted by Crippen LogP contribution is 2.44. The highest BCUT2D eigenvalue weighted by molar-refractivity contribution is 6.06. The van der Waals surface area contributed by atoms with Gasteiger partial charge in [0.15, 0.2) is 11.7 Å². The molecule has 0 radical (unpaired) electrons. The van der Waals surface area contributed by atoms with Crippen molar-refractivity contribution in [2.75, 3.05) is 11.9 Å². The van der Waals surface area contributed by atoms with Crippen LogP contribution in [0.4, 0.5) is 11.6 Å². The molecule has 5 N–H and O–H groups in total. The summed E-state index contributed by atoms with van der Waals surface area (Å²) < 4.78 is 7.02. The molecule has 1 saturated heterocycles. The van der Waals surface area contributed by atoms with Crippen LogP contribution in [0.1, 0.15) is 13.2 Å². The average Bonchev–Trinajstić information content (AvgIpc) is 3.00.